The first-order valence-electron chi connectivity index (χ1n) is 13.3. The summed E-state index contributed by atoms with van der Waals surface area (Å²) in [5.74, 6) is 1.38. The zero-order valence-corrected chi connectivity index (χ0v) is 21.2. The second-order valence-electron chi connectivity index (χ2n) is 10.6. The standard InChI is InChI=1S/C29H33N3O5/c1-36-25-8-4-2-6-21(25)19-15-31(16-19)23-7-3-5-9-26(23)37-20-10-11-22-18(14-20)17-32(29(22)35)24-12-13-27(33)30-28(24)34/h2,4,6,8,10-11,14,19,23-24,26H,3,5,7,9,12-13,15-17H2,1H3,(H,30,33,34)/t23-,24?,26+/m1/s1. The molecule has 3 amide bonds. The first-order valence-corrected chi connectivity index (χ1v) is 13.3. The fourth-order valence-electron chi connectivity index (χ4n) is 6.42. The molecule has 0 spiro atoms. The lowest BCUT2D eigenvalue weighted by molar-refractivity contribution is -0.136. The predicted molar refractivity (Wildman–Crippen MR) is 136 cm³/mol. The van der Waals surface area contributed by atoms with Gasteiger partial charge >= 0.3 is 0 Å². The topological polar surface area (TPSA) is 88.2 Å². The van der Waals surface area contributed by atoms with E-state index in [4.69, 9.17) is 9.47 Å². The average molecular weight is 504 g/mol. The number of rotatable bonds is 6. The molecular formula is C29H33N3O5. The van der Waals surface area contributed by atoms with Crippen LogP contribution in [0.15, 0.2) is 42.5 Å². The summed E-state index contributed by atoms with van der Waals surface area (Å²) >= 11 is 0. The number of likely N-dealkylation sites (tertiary alicyclic amines) is 1. The normalized spacial score (nSPS) is 26.5. The van der Waals surface area contributed by atoms with Crippen LogP contribution < -0.4 is 14.8 Å². The van der Waals surface area contributed by atoms with Crippen LogP contribution in [-0.2, 0) is 16.1 Å². The number of para-hydroxylation sites is 1. The van der Waals surface area contributed by atoms with E-state index >= 15 is 0 Å². The van der Waals surface area contributed by atoms with Crippen LogP contribution in [0.4, 0.5) is 0 Å². The zero-order valence-electron chi connectivity index (χ0n) is 21.2. The number of benzene rings is 2. The van der Waals surface area contributed by atoms with Crippen molar-refractivity contribution in [1.82, 2.24) is 15.1 Å². The third kappa shape index (κ3) is 4.48. The van der Waals surface area contributed by atoms with Crippen molar-refractivity contribution in [2.75, 3.05) is 20.2 Å². The van der Waals surface area contributed by atoms with Crippen LogP contribution in [0.1, 0.15) is 65.9 Å². The van der Waals surface area contributed by atoms with Gasteiger partial charge in [-0.3, -0.25) is 24.6 Å². The molecule has 3 atom stereocenters. The highest BCUT2D eigenvalue weighted by Gasteiger charge is 2.41. The van der Waals surface area contributed by atoms with E-state index in [0.29, 0.717) is 30.5 Å². The monoisotopic (exact) mass is 503 g/mol. The zero-order chi connectivity index (χ0) is 25.5. The third-order valence-corrected chi connectivity index (χ3v) is 8.41. The molecule has 1 aliphatic carbocycles. The van der Waals surface area contributed by atoms with Crippen LogP contribution >= 0.6 is 0 Å². The summed E-state index contributed by atoms with van der Waals surface area (Å²) in [6.07, 6.45) is 5.21. The Morgan fingerprint density at radius 1 is 0.973 bits per heavy atom. The Hall–Kier alpha value is -3.39. The number of carbonyl (C=O) groups is 3. The van der Waals surface area contributed by atoms with Crippen molar-refractivity contribution >= 4 is 17.7 Å². The highest BCUT2D eigenvalue weighted by Crippen LogP contribution is 2.39. The van der Waals surface area contributed by atoms with E-state index in [1.165, 1.54) is 12.0 Å². The lowest BCUT2D eigenvalue weighted by Crippen LogP contribution is -2.57. The van der Waals surface area contributed by atoms with Crippen molar-refractivity contribution in [3.8, 4) is 11.5 Å². The average Bonchev–Trinajstić information content (AvgIpc) is 3.20. The predicted octanol–water partition coefficient (Wildman–Crippen LogP) is 3.25. The van der Waals surface area contributed by atoms with E-state index in [1.807, 2.05) is 30.3 Å². The van der Waals surface area contributed by atoms with E-state index < -0.39 is 6.04 Å². The Bertz CT molecular complexity index is 1220. The van der Waals surface area contributed by atoms with Crippen LogP contribution in [0.5, 0.6) is 11.5 Å². The van der Waals surface area contributed by atoms with Gasteiger partial charge in [0.15, 0.2) is 0 Å². The largest absolute Gasteiger partial charge is 0.496 e. The molecule has 0 aromatic heterocycles. The first kappa shape index (κ1) is 24.0. The second-order valence-corrected chi connectivity index (χ2v) is 10.6. The highest BCUT2D eigenvalue weighted by molar-refractivity contribution is 6.05. The molecule has 1 N–H and O–H groups in total. The molecule has 0 bridgehead atoms. The summed E-state index contributed by atoms with van der Waals surface area (Å²) in [5.41, 5.74) is 2.76. The maximum Gasteiger partial charge on any atom is 0.255 e. The van der Waals surface area contributed by atoms with Crippen molar-refractivity contribution in [2.45, 2.75) is 69.2 Å². The number of hydrogen-bond acceptors (Lipinski definition) is 6. The minimum Gasteiger partial charge on any atom is -0.496 e. The Morgan fingerprint density at radius 2 is 1.78 bits per heavy atom. The van der Waals surface area contributed by atoms with Crippen LogP contribution in [0, 0.1) is 0 Å². The molecule has 3 aliphatic heterocycles. The molecule has 1 unspecified atom stereocenters. The number of imide groups is 1. The smallest absolute Gasteiger partial charge is 0.255 e. The van der Waals surface area contributed by atoms with Gasteiger partial charge in [0.2, 0.25) is 11.8 Å². The first-order chi connectivity index (χ1) is 18.0. The van der Waals surface area contributed by atoms with Gasteiger partial charge in [-0.2, -0.15) is 0 Å². The van der Waals surface area contributed by atoms with Gasteiger partial charge in [0.1, 0.15) is 23.6 Å². The maximum atomic E-state index is 13.0. The molecule has 0 radical (unpaired) electrons. The molecule has 6 rings (SSSR count). The van der Waals surface area contributed by atoms with Gasteiger partial charge in [-0.25, -0.2) is 0 Å². The number of nitrogens with one attached hydrogen (secondary N) is 1. The molecule has 4 aliphatic rings. The molecule has 8 heteroatoms. The van der Waals surface area contributed by atoms with Gasteiger partial charge in [0.05, 0.1) is 7.11 Å². The van der Waals surface area contributed by atoms with Crippen molar-refractivity contribution in [3.63, 3.8) is 0 Å². The lowest BCUT2D eigenvalue weighted by atomic mass is 9.84. The van der Waals surface area contributed by atoms with Crippen molar-refractivity contribution in [3.05, 3.63) is 59.2 Å². The van der Waals surface area contributed by atoms with Crippen molar-refractivity contribution in [1.29, 1.82) is 0 Å². The van der Waals surface area contributed by atoms with E-state index in [9.17, 15) is 14.4 Å². The number of hydrogen-bond donors (Lipinski definition) is 1. The van der Waals surface area contributed by atoms with Crippen LogP contribution in [0.3, 0.4) is 0 Å². The van der Waals surface area contributed by atoms with Crippen LogP contribution in [-0.4, -0.2) is 65.9 Å². The molecule has 3 heterocycles. The Kier molecular flexibility index (Phi) is 6.36. The van der Waals surface area contributed by atoms with E-state index in [-0.39, 0.29) is 30.2 Å². The summed E-state index contributed by atoms with van der Waals surface area (Å²) in [6, 6.07) is 13.7. The number of methoxy groups -OCH3 is 1. The van der Waals surface area contributed by atoms with Crippen LogP contribution in [0.25, 0.3) is 0 Å². The summed E-state index contributed by atoms with van der Waals surface area (Å²) in [6.45, 7) is 2.37. The molecule has 194 valence electrons. The summed E-state index contributed by atoms with van der Waals surface area (Å²) < 4.78 is 12.1. The molecule has 3 fully saturated rings. The number of carbonyl (C=O) groups excluding carboxylic acids is 3. The lowest BCUT2D eigenvalue weighted by Gasteiger charge is -2.48. The quantitative estimate of drug-likeness (QED) is 0.609. The van der Waals surface area contributed by atoms with Gasteiger partial charge in [-0.15, -0.1) is 0 Å². The van der Waals surface area contributed by atoms with Crippen molar-refractivity contribution < 1.29 is 23.9 Å². The SMILES string of the molecule is COc1ccccc1C1CN([C@@H]2CCCC[C@@H]2Oc2ccc3c(c2)CN(C2CCC(=O)NC2=O)C3=O)C1. The van der Waals surface area contributed by atoms with Gasteiger partial charge in [0, 0.05) is 43.6 Å². The van der Waals surface area contributed by atoms with Gasteiger partial charge in [0.25, 0.3) is 5.91 Å². The summed E-state index contributed by atoms with van der Waals surface area (Å²) in [5, 5.41) is 2.36. The Balaban J connectivity index is 1.12. The molecule has 2 aromatic carbocycles. The van der Waals surface area contributed by atoms with Crippen LogP contribution in [0.2, 0.25) is 0 Å². The summed E-state index contributed by atoms with van der Waals surface area (Å²) in [4.78, 5) is 41.0. The van der Waals surface area contributed by atoms with E-state index in [1.54, 1.807) is 12.0 Å². The van der Waals surface area contributed by atoms with Crippen molar-refractivity contribution in [2.24, 2.45) is 0 Å². The number of fused-ring (bicyclic) bond motifs is 1. The molecule has 1 saturated carbocycles. The third-order valence-electron chi connectivity index (χ3n) is 8.41. The van der Waals surface area contributed by atoms with Gasteiger partial charge < -0.3 is 14.4 Å². The molecule has 37 heavy (non-hydrogen) atoms. The highest BCUT2D eigenvalue weighted by atomic mass is 16.5. The number of ether oxygens (including phenoxy) is 2. The fourth-order valence-corrected chi connectivity index (χ4v) is 6.42. The maximum absolute atomic E-state index is 13.0. The fraction of sp³-hybridized carbons (Fsp3) is 0.483. The minimum atomic E-state index is -0.604. The van der Waals surface area contributed by atoms with E-state index in [2.05, 4.69) is 22.3 Å². The van der Waals surface area contributed by atoms with E-state index in [0.717, 1.165) is 49.4 Å². The number of nitrogens with zero attached hydrogens (tertiary/aromatic N) is 2. The molecular weight excluding hydrogens is 470 g/mol. The second kappa shape index (κ2) is 9.82. The minimum absolute atomic E-state index is 0.105. The molecule has 2 aromatic rings. The molecule has 8 nitrogen and oxygen atoms in total. The Morgan fingerprint density at radius 3 is 2.59 bits per heavy atom. The number of piperidine rings is 1. The van der Waals surface area contributed by atoms with Gasteiger partial charge in [-0.1, -0.05) is 24.6 Å². The number of amides is 3. The Labute approximate surface area is 216 Å². The van der Waals surface area contributed by atoms with Gasteiger partial charge in [-0.05, 0) is 61.1 Å². The molecule has 2 saturated heterocycles. The summed E-state index contributed by atoms with van der Waals surface area (Å²) in [7, 11) is 1.73.